The molecule has 2 atom stereocenters. The second-order valence-electron chi connectivity index (χ2n) is 6.73. The van der Waals surface area contributed by atoms with Crippen molar-refractivity contribution < 1.29 is 0 Å². The summed E-state index contributed by atoms with van der Waals surface area (Å²) in [6, 6.07) is 0. The van der Waals surface area contributed by atoms with E-state index in [4.69, 9.17) is 0 Å². The highest BCUT2D eigenvalue weighted by molar-refractivity contribution is 5.12. The van der Waals surface area contributed by atoms with E-state index >= 15 is 0 Å². The standard InChI is InChI=1S/C20H36/c1-4-6-13-19(5-2)14-8-7-9-15-20-16-11-10-12-18(3)17-20/h10-11,17-19H,4-9,12-16H2,1-3H3. The molecule has 0 fully saturated rings. The molecule has 0 aromatic rings. The van der Waals surface area contributed by atoms with Gasteiger partial charge in [0, 0.05) is 0 Å². The molecule has 0 heteroatoms. The lowest BCUT2D eigenvalue weighted by atomic mass is 9.92. The third kappa shape index (κ3) is 7.92. The molecule has 0 saturated heterocycles. The lowest BCUT2D eigenvalue weighted by Crippen LogP contribution is -1.98. The van der Waals surface area contributed by atoms with E-state index in [1.165, 1.54) is 70.6 Å². The maximum atomic E-state index is 2.52. The molecule has 0 amide bonds. The van der Waals surface area contributed by atoms with Crippen LogP contribution in [-0.2, 0) is 0 Å². The van der Waals surface area contributed by atoms with Crippen LogP contribution in [0.1, 0.15) is 91.4 Å². The Morgan fingerprint density at radius 1 is 1.05 bits per heavy atom. The Hall–Kier alpha value is -0.520. The van der Waals surface area contributed by atoms with E-state index in [9.17, 15) is 0 Å². The fraction of sp³-hybridized carbons (Fsp3) is 0.800. The molecule has 0 saturated carbocycles. The second-order valence-corrected chi connectivity index (χ2v) is 6.73. The SMILES string of the molecule is CCCCC(CC)CCCCCC1=CC(C)CC=CC1. The van der Waals surface area contributed by atoms with E-state index < -0.39 is 0 Å². The zero-order valence-electron chi connectivity index (χ0n) is 14.2. The van der Waals surface area contributed by atoms with Gasteiger partial charge in [0.1, 0.15) is 0 Å². The first-order chi connectivity index (χ1) is 9.76. The van der Waals surface area contributed by atoms with Gasteiger partial charge in [-0.15, -0.1) is 0 Å². The minimum absolute atomic E-state index is 0.752. The molecule has 0 aromatic heterocycles. The van der Waals surface area contributed by atoms with Crippen molar-refractivity contribution in [2.24, 2.45) is 11.8 Å². The predicted octanol–water partition coefficient (Wildman–Crippen LogP) is 7.07. The van der Waals surface area contributed by atoms with Crippen LogP contribution in [0.4, 0.5) is 0 Å². The van der Waals surface area contributed by atoms with Crippen molar-refractivity contribution >= 4 is 0 Å². The Kier molecular flexibility index (Phi) is 9.79. The molecule has 116 valence electrons. The van der Waals surface area contributed by atoms with Crippen LogP contribution < -0.4 is 0 Å². The Labute approximate surface area is 127 Å². The number of hydrogen-bond donors (Lipinski definition) is 0. The summed E-state index contributed by atoms with van der Waals surface area (Å²) in [6.07, 6.45) is 22.4. The smallest absolute Gasteiger partial charge is 0.0139 e. The fourth-order valence-corrected chi connectivity index (χ4v) is 3.28. The largest absolute Gasteiger partial charge is 0.0876 e. The van der Waals surface area contributed by atoms with E-state index in [-0.39, 0.29) is 0 Å². The van der Waals surface area contributed by atoms with E-state index in [1.807, 2.05) is 0 Å². The van der Waals surface area contributed by atoms with Crippen molar-refractivity contribution in [3.8, 4) is 0 Å². The quantitative estimate of drug-likeness (QED) is 0.296. The average molecular weight is 277 g/mol. The van der Waals surface area contributed by atoms with Crippen molar-refractivity contribution in [2.45, 2.75) is 91.4 Å². The Morgan fingerprint density at radius 2 is 1.85 bits per heavy atom. The van der Waals surface area contributed by atoms with Gasteiger partial charge in [-0.25, -0.2) is 0 Å². The molecule has 2 unspecified atom stereocenters. The van der Waals surface area contributed by atoms with Gasteiger partial charge < -0.3 is 0 Å². The molecule has 0 heterocycles. The first kappa shape index (κ1) is 17.5. The van der Waals surface area contributed by atoms with Crippen molar-refractivity contribution in [3.63, 3.8) is 0 Å². The van der Waals surface area contributed by atoms with Gasteiger partial charge in [0.25, 0.3) is 0 Å². The molecule has 0 aliphatic heterocycles. The minimum atomic E-state index is 0.752. The second kappa shape index (κ2) is 11.2. The molecule has 0 radical (unpaired) electrons. The summed E-state index contributed by atoms with van der Waals surface area (Å²) in [7, 11) is 0. The molecular formula is C20H36. The van der Waals surface area contributed by atoms with Crippen LogP contribution in [0.5, 0.6) is 0 Å². The van der Waals surface area contributed by atoms with Crippen molar-refractivity contribution in [3.05, 3.63) is 23.8 Å². The Bertz CT molecular complexity index is 284. The molecule has 20 heavy (non-hydrogen) atoms. The monoisotopic (exact) mass is 276 g/mol. The molecule has 0 bridgehead atoms. The molecule has 0 aromatic carbocycles. The van der Waals surface area contributed by atoms with Crippen LogP contribution >= 0.6 is 0 Å². The minimum Gasteiger partial charge on any atom is -0.0876 e. The lowest BCUT2D eigenvalue weighted by Gasteiger charge is -2.14. The first-order valence-corrected chi connectivity index (χ1v) is 9.10. The summed E-state index contributed by atoms with van der Waals surface area (Å²) >= 11 is 0. The summed E-state index contributed by atoms with van der Waals surface area (Å²) in [4.78, 5) is 0. The summed E-state index contributed by atoms with van der Waals surface area (Å²) in [5.74, 6) is 1.75. The zero-order chi connectivity index (χ0) is 14.6. The van der Waals surface area contributed by atoms with Gasteiger partial charge in [-0.3, -0.25) is 0 Å². The molecule has 0 spiro atoms. The molecule has 1 aliphatic carbocycles. The van der Waals surface area contributed by atoms with Crippen LogP contribution in [0, 0.1) is 11.8 Å². The lowest BCUT2D eigenvalue weighted by molar-refractivity contribution is 0.402. The highest BCUT2D eigenvalue weighted by Gasteiger charge is 2.06. The normalized spacial score (nSPS) is 20.6. The summed E-state index contributed by atoms with van der Waals surface area (Å²) in [5.41, 5.74) is 1.68. The number of unbranched alkanes of at least 4 members (excludes halogenated alkanes) is 3. The van der Waals surface area contributed by atoms with Crippen molar-refractivity contribution in [1.82, 2.24) is 0 Å². The summed E-state index contributed by atoms with van der Waals surface area (Å²) in [6.45, 7) is 7.02. The number of allylic oxidation sites excluding steroid dienone is 4. The van der Waals surface area contributed by atoms with Gasteiger partial charge in [-0.2, -0.15) is 0 Å². The number of hydrogen-bond acceptors (Lipinski definition) is 0. The van der Waals surface area contributed by atoms with E-state index in [0.717, 1.165) is 11.8 Å². The average Bonchev–Trinajstić information content (AvgIpc) is 2.66. The molecule has 0 N–H and O–H groups in total. The van der Waals surface area contributed by atoms with E-state index in [1.54, 1.807) is 5.57 Å². The third-order valence-corrected chi connectivity index (χ3v) is 4.73. The molecule has 0 nitrogen and oxygen atoms in total. The zero-order valence-corrected chi connectivity index (χ0v) is 14.2. The summed E-state index contributed by atoms with van der Waals surface area (Å²) in [5, 5.41) is 0. The van der Waals surface area contributed by atoms with Crippen LogP contribution in [0.3, 0.4) is 0 Å². The van der Waals surface area contributed by atoms with Crippen molar-refractivity contribution in [2.75, 3.05) is 0 Å². The van der Waals surface area contributed by atoms with Crippen LogP contribution in [0.2, 0.25) is 0 Å². The Morgan fingerprint density at radius 3 is 2.60 bits per heavy atom. The Balaban J connectivity index is 2.10. The maximum absolute atomic E-state index is 2.52. The van der Waals surface area contributed by atoms with Crippen LogP contribution in [0.25, 0.3) is 0 Å². The van der Waals surface area contributed by atoms with Gasteiger partial charge in [-0.05, 0) is 37.5 Å². The van der Waals surface area contributed by atoms with Gasteiger partial charge in [-0.1, -0.05) is 89.5 Å². The van der Waals surface area contributed by atoms with Gasteiger partial charge in [0.2, 0.25) is 0 Å². The first-order valence-electron chi connectivity index (χ1n) is 9.10. The number of rotatable bonds is 10. The van der Waals surface area contributed by atoms with Gasteiger partial charge >= 0.3 is 0 Å². The van der Waals surface area contributed by atoms with E-state index in [2.05, 4.69) is 39.0 Å². The predicted molar refractivity (Wildman–Crippen MR) is 92.0 cm³/mol. The van der Waals surface area contributed by atoms with Gasteiger partial charge in [0.15, 0.2) is 0 Å². The third-order valence-electron chi connectivity index (χ3n) is 4.73. The summed E-state index contributed by atoms with van der Waals surface area (Å²) < 4.78 is 0. The highest BCUT2D eigenvalue weighted by Crippen LogP contribution is 2.23. The van der Waals surface area contributed by atoms with Crippen LogP contribution in [0.15, 0.2) is 23.8 Å². The van der Waals surface area contributed by atoms with E-state index in [0.29, 0.717) is 0 Å². The molecule has 1 aliphatic rings. The topological polar surface area (TPSA) is 0 Å². The molecule has 1 rings (SSSR count). The van der Waals surface area contributed by atoms with Crippen LogP contribution in [-0.4, -0.2) is 0 Å². The maximum Gasteiger partial charge on any atom is -0.0139 e. The molecular weight excluding hydrogens is 240 g/mol. The highest BCUT2D eigenvalue weighted by atomic mass is 14.1. The fourth-order valence-electron chi connectivity index (χ4n) is 3.28. The van der Waals surface area contributed by atoms with Gasteiger partial charge in [0.05, 0.1) is 0 Å². The van der Waals surface area contributed by atoms with Crippen molar-refractivity contribution in [1.29, 1.82) is 0 Å².